The molecule has 28 heavy (non-hydrogen) atoms. The van der Waals surface area contributed by atoms with E-state index in [1.54, 1.807) is 4.68 Å². The summed E-state index contributed by atoms with van der Waals surface area (Å²) < 4.78 is 3.47. The Morgan fingerprint density at radius 3 is 2.32 bits per heavy atom. The van der Waals surface area contributed by atoms with Crippen LogP contribution >= 0.6 is 0 Å². The second-order valence-electron chi connectivity index (χ2n) is 8.95. The fourth-order valence-electron chi connectivity index (χ4n) is 4.31. The van der Waals surface area contributed by atoms with Crippen LogP contribution in [0.15, 0.2) is 46.8 Å². The lowest BCUT2D eigenvalue weighted by molar-refractivity contribution is -0.118. The smallest absolute Gasteiger partial charge is 0.295 e. The molecule has 1 aromatic heterocycles. The van der Waals surface area contributed by atoms with Crippen molar-refractivity contribution in [1.82, 2.24) is 9.36 Å². The fourth-order valence-corrected chi connectivity index (χ4v) is 4.31. The number of aromatic nitrogens is 2. The van der Waals surface area contributed by atoms with Gasteiger partial charge >= 0.3 is 0 Å². The van der Waals surface area contributed by atoms with Gasteiger partial charge in [-0.3, -0.25) is 14.3 Å². The third-order valence-corrected chi connectivity index (χ3v) is 5.81. The summed E-state index contributed by atoms with van der Waals surface area (Å²) in [6.07, 6.45) is 2.17. The first-order valence-electron chi connectivity index (χ1n) is 9.90. The third kappa shape index (κ3) is 3.34. The Bertz CT molecular complexity index is 973. The molecule has 1 fully saturated rings. The Hall–Kier alpha value is -2.56. The zero-order valence-corrected chi connectivity index (χ0v) is 17.9. The number of carbonyl (C=O) groups is 1. The summed E-state index contributed by atoms with van der Waals surface area (Å²) in [6, 6.07) is 9.51. The van der Waals surface area contributed by atoms with Gasteiger partial charge in [0.1, 0.15) is 5.69 Å². The first-order chi connectivity index (χ1) is 13.1. The van der Waals surface area contributed by atoms with Gasteiger partial charge in [0.15, 0.2) is 0 Å². The fraction of sp³-hybridized carbons (Fsp3) is 0.478. The predicted octanol–water partition coefficient (Wildman–Crippen LogP) is 4.48. The molecular weight excluding hydrogens is 350 g/mol. The normalized spacial score (nSPS) is 20.1. The van der Waals surface area contributed by atoms with Gasteiger partial charge in [-0.2, -0.15) is 0 Å². The molecule has 0 unspecified atom stereocenters. The number of para-hydroxylation sites is 1. The van der Waals surface area contributed by atoms with Crippen molar-refractivity contribution in [2.45, 2.75) is 47.5 Å². The van der Waals surface area contributed by atoms with Gasteiger partial charge in [0.2, 0.25) is 5.91 Å². The van der Waals surface area contributed by atoms with Gasteiger partial charge in [0, 0.05) is 7.05 Å². The molecule has 0 saturated heterocycles. The van der Waals surface area contributed by atoms with Gasteiger partial charge < -0.3 is 5.32 Å². The van der Waals surface area contributed by atoms with Crippen LogP contribution < -0.4 is 10.9 Å². The summed E-state index contributed by atoms with van der Waals surface area (Å²) in [7, 11) is 1.87. The topological polar surface area (TPSA) is 56.0 Å². The second-order valence-corrected chi connectivity index (χ2v) is 8.95. The van der Waals surface area contributed by atoms with Gasteiger partial charge in [-0.05, 0) is 43.2 Å². The molecule has 2 atom stereocenters. The van der Waals surface area contributed by atoms with Crippen LogP contribution in [0.1, 0.15) is 53.2 Å². The SMILES string of the molecule is CC(C)=C[C@@H]1[C@@H](C(=O)Nc2c(C(C)C)n(C)n(-c3ccccc3)c2=O)C1(C)C. The molecular formula is C23H31N3O2. The van der Waals surface area contributed by atoms with Crippen molar-refractivity contribution in [2.24, 2.45) is 24.3 Å². The third-order valence-electron chi connectivity index (χ3n) is 5.81. The lowest BCUT2D eigenvalue weighted by Gasteiger charge is -2.13. The van der Waals surface area contributed by atoms with E-state index in [1.807, 2.05) is 55.9 Å². The van der Waals surface area contributed by atoms with Crippen LogP contribution in [0.5, 0.6) is 0 Å². The molecule has 1 amide bonds. The summed E-state index contributed by atoms with van der Waals surface area (Å²) in [4.78, 5) is 26.3. The van der Waals surface area contributed by atoms with Crippen LogP contribution in [-0.2, 0) is 11.8 Å². The Balaban J connectivity index is 2.00. The van der Waals surface area contributed by atoms with Gasteiger partial charge in [-0.25, -0.2) is 4.68 Å². The minimum atomic E-state index is -0.192. The number of allylic oxidation sites excluding steroid dienone is 2. The van der Waals surface area contributed by atoms with Crippen LogP contribution in [0.25, 0.3) is 5.69 Å². The molecule has 1 aliphatic rings. The van der Waals surface area contributed by atoms with Gasteiger partial charge in [0.05, 0.1) is 17.3 Å². The van der Waals surface area contributed by atoms with Crippen molar-refractivity contribution in [1.29, 1.82) is 0 Å². The van der Waals surface area contributed by atoms with Crippen LogP contribution in [0.3, 0.4) is 0 Å². The molecule has 0 spiro atoms. The summed E-state index contributed by atoms with van der Waals surface area (Å²) in [5, 5.41) is 2.99. The van der Waals surface area contributed by atoms with E-state index in [4.69, 9.17) is 0 Å². The van der Waals surface area contributed by atoms with E-state index in [0.29, 0.717) is 5.69 Å². The lowest BCUT2D eigenvalue weighted by Crippen LogP contribution is -2.24. The van der Waals surface area contributed by atoms with Crippen molar-refractivity contribution in [3.05, 3.63) is 58.0 Å². The molecule has 0 aliphatic heterocycles. The minimum Gasteiger partial charge on any atom is -0.320 e. The number of rotatable bonds is 5. The summed E-state index contributed by atoms with van der Waals surface area (Å²) in [5.41, 5.74) is 2.94. The van der Waals surface area contributed by atoms with E-state index in [1.165, 1.54) is 5.57 Å². The van der Waals surface area contributed by atoms with E-state index in [0.717, 1.165) is 11.4 Å². The molecule has 1 saturated carbocycles. The van der Waals surface area contributed by atoms with Crippen LogP contribution in [0, 0.1) is 17.3 Å². The Morgan fingerprint density at radius 1 is 1.18 bits per heavy atom. The average molecular weight is 382 g/mol. The highest BCUT2D eigenvalue weighted by Crippen LogP contribution is 2.59. The summed E-state index contributed by atoms with van der Waals surface area (Å²) in [5.74, 6) is 0.114. The first-order valence-corrected chi connectivity index (χ1v) is 9.90. The van der Waals surface area contributed by atoms with Crippen molar-refractivity contribution in [3.63, 3.8) is 0 Å². The number of carbonyl (C=O) groups excluding carboxylic acids is 1. The van der Waals surface area contributed by atoms with E-state index in [2.05, 4.69) is 39.1 Å². The Kier molecular flexibility index (Phi) is 5.13. The van der Waals surface area contributed by atoms with E-state index in [-0.39, 0.29) is 34.6 Å². The van der Waals surface area contributed by atoms with Crippen molar-refractivity contribution >= 4 is 11.6 Å². The van der Waals surface area contributed by atoms with Crippen molar-refractivity contribution < 1.29 is 4.79 Å². The molecule has 1 aromatic carbocycles. The number of anilines is 1. The van der Waals surface area contributed by atoms with Gasteiger partial charge in [-0.1, -0.05) is 57.5 Å². The highest BCUT2D eigenvalue weighted by molar-refractivity contribution is 5.96. The molecule has 0 bridgehead atoms. The number of hydrogen-bond acceptors (Lipinski definition) is 2. The van der Waals surface area contributed by atoms with E-state index < -0.39 is 0 Å². The molecule has 2 aromatic rings. The Labute approximate surface area is 167 Å². The summed E-state index contributed by atoms with van der Waals surface area (Å²) in [6.45, 7) is 12.4. The molecule has 5 heteroatoms. The van der Waals surface area contributed by atoms with Crippen molar-refractivity contribution in [3.8, 4) is 5.69 Å². The molecule has 3 rings (SSSR count). The number of nitrogens with one attached hydrogen (secondary N) is 1. The molecule has 150 valence electrons. The standard InChI is InChI=1S/C23H31N3O2/c1-14(2)13-17-18(23(17,5)6)21(27)24-19-20(15(3)4)25(7)26(22(19)28)16-11-9-8-10-12-16/h8-13,15,17-18H,1-7H3,(H,24,27)/t17-,18+/m1/s1. The predicted molar refractivity (Wildman–Crippen MR) is 114 cm³/mol. The highest BCUT2D eigenvalue weighted by atomic mass is 16.2. The Morgan fingerprint density at radius 2 is 1.79 bits per heavy atom. The monoisotopic (exact) mass is 381 g/mol. The lowest BCUT2D eigenvalue weighted by atomic mass is 10.1. The van der Waals surface area contributed by atoms with Crippen LogP contribution in [-0.4, -0.2) is 15.3 Å². The molecule has 5 nitrogen and oxygen atoms in total. The maximum atomic E-state index is 13.2. The van der Waals surface area contributed by atoms with Gasteiger partial charge in [0.25, 0.3) is 5.56 Å². The largest absolute Gasteiger partial charge is 0.320 e. The van der Waals surface area contributed by atoms with E-state index >= 15 is 0 Å². The van der Waals surface area contributed by atoms with E-state index in [9.17, 15) is 9.59 Å². The average Bonchev–Trinajstić information content (AvgIpc) is 3.03. The molecule has 0 radical (unpaired) electrons. The summed E-state index contributed by atoms with van der Waals surface area (Å²) >= 11 is 0. The number of benzene rings is 1. The van der Waals surface area contributed by atoms with Gasteiger partial charge in [-0.15, -0.1) is 0 Å². The zero-order chi connectivity index (χ0) is 20.8. The molecule has 1 heterocycles. The number of hydrogen-bond donors (Lipinski definition) is 1. The molecule has 1 N–H and O–H groups in total. The number of amides is 1. The van der Waals surface area contributed by atoms with Crippen LogP contribution in [0.2, 0.25) is 0 Å². The molecule has 1 aliphatic carbocycles. The number of nitrogens with zero attached hydrogens (tertiary/aromatic N) is 2. The quantitative estimate of drug-likeness (QED) is 0.777. The highest BCUT2D eigenvalue weighted by Gasteiger charge is 2.60. The van der Waals surface area contributed by atoms with Crippen molar-refractivity contribution in [2.75, 3.05) is 5.32 Å². The minimum absolute atomic E-state index is 0.0719. The second kappa shape index (κ2) is 7.12. The zero-order valence-electron chi connectivity index (χ0n) is 17.9. The first kappa shape index (κ1) is 20.2. The maximum absolute atomic E-state index is 13.2. The maximum Gasteiger partial charge on any atom is 0.295 e. The van der Waals surface area contributed by atoms with Crippen LogP contribution in [0.4, 0.5) is 5.69 Å².